The van der Waals surface area contributed by atoms with Crippen molar-refractivity contribution >= 4 is 43.5 Å². The van der Waals surface area contributed by atoms with E-state index in [-0.39, 0.29) is 11.7 Å². The average Bonchev–Trinajstić information content (AvgIpc) is 2.45. The fourth-order valence-corrected chi connectivity index (χ4v) is 2.60. The van der Waals surface area contributed by atoms with Crippen LogP contribution in [-0.4, -0.2) is 10.7 Å². The highest BCUT2D eigenvalue weighted by atomic mass is 79.9. The second kappa shape index (κ2) is 7.18. The number of carbonyl (C=O) groups is 1. The fourth-order valence-electron chi connectivity index (χ4n) is 1.89. The fraction of sp³-hybridized carbons (Fsp3) is 0.188. The standard InChI is InChI=1S/C16H14Br2FNO/c1-10-8-12(6-7-13(10)17)20-16(21)14(18)9-11-4-2-3-5-15(11)19/h2-8,14H,9H2,1H3,(H,20,21). The van der Waals surface area contributed by atoms with Crippen LogP contribution in [0.25, 0.3) is 0 Å². The average molecular weight is 415 g/mol. The largest absolute Gasteiger partial charge is 0.325 e. The molecule has 2 aromatic carbocycles. The van der Waals surface area contributed by atoms with E-state index in [1.54, 1.807) is 18.2 Å². The van der Waals surface area contributed by atoms with Crippen LogP contribution in [-0.2, 0) is 11.2 Å². The summed E-state index contributed by atoms with van der Waals surface area (Å²) in [6, 6.07) is 12.0. The number of amides is 1. The Balaban J connectivity index is 2.02. The molecule has 2 rings (SSSR count). The van der Waals surface area contributed by atoms with E-state index in [0.29, 0.717) is 12.0 Å². The van der Waals surface area contributed by atoms with Gasteiger partial charge in [0, 0.05) is 10.2 Å². The van der Waals surface area contributed by atoms with Crippen LogP contribution < -0.4 is 5.32 Å². The van der Waals surface area contributed by atoms with Crippen LogP contribution >= 0.6 is 31.9 Å². The highest BCUT2D eigenvalue weighted by Gasteiger charge is 2.17. The maximum absolute atomic E-state index is 13.6. The lowest BCUT2D eigenvalue weighted by Crippen LogP contribution is -2.25. The lowest BCUT2D eigenvalue weighted by Gasteiger charge is -2.12. The van der Waals surface area contributed by atoms with Crippen molar-refractivity contribution in [2.45, 2.75) is 18.2 Å². The molecule has 1 unspecified atom stereocenters. The summed E-state index contributed by atoms with van der Waals surface area (Å²) in [6.45, 7) is 1.95. The molecular weight excluding hydrogens is 401 g/mol. The Bertz CT molecular complexity index is 660. The first-order valence-corrected chi connectivity index (χ1v) is 8.12. The number of benzene rings is 2. The van der Waals surface area contributed by atoms with E-state index >= 15 is 0 Å². The van der Waals surface area contributed by atoms with Gasteiger partial charge in [0.15, 0.2) is 0 Å². The summed E-state index contributed by atoms with van der Waals surface area (Å²) < 4.78 is 14.6. The number of aryl methyl sites for hydroxylation is 1. The third-order valence-electron chi connectivity index (χ3n) is 3.07. The third-order valence-corrected chi connectivity index (χ3v) is 4.70. The molecule has 0 aromatic heterocycles. The molecule has 1 atom stereocenters. The zero-order valence-electron chi connectivity index (χ0n) is 11.4. The summed E-state index contributed by atoms with van der Waals surface area (Å²) in [7, 11) is 0. The minimum atomic E-state index is -0.488. The van der Waals surface area contributed by atoms with Crippen LogP contribution in [0.4, 0.5) is 10.1 Å². The molecule has 5 heteroatoms. The van der Waals surface area contributed by atoms with Gasteiger partial charge in [0.2, 0.25) is 5.91 Å². The van der Waals surface area contributed by atoms with E-state index in [0.717, 1.165) is 15.7 Å². The topological polar surface area (TPSA) is 29.1 Å². The van der Waals surface area contributed by atoms with Crippen molar-refractivity contribution in [1.29, 1.82) is 0 Å². The van der Waals surface area contributed by atoms with Gasteiger partial charge in [0.25, 0.3) is 0 Å². The molecule has 1 amide bonds. The molecule has 0 aliphatic carbocycles. The molecule has 2 aromatic rings. The van der Waals surface area contributed by atoms with Gasteiger partial charge in [-0.3, -0.25) is 4.79 Å². The van der Waals surface area contributed by atoms with Gasteiger partial charge >= 0.3 is 0 Å². The van der Waals surface area contributed by atoms with Gasteiger partial charge in [-0.05, 0) is 48.7 Å². The SMILES string of the molecule is Cc1cc(NC(=O)C(Br)Cc2ccccc2F)ccc1Br. The zero-order chi connectivity index (χ0) is 15.4. The number of nitrogens with one attached hydrogen (secondary N) is 1. The van der Waals surface area contributed by atoms with Crippen molar-refractivity contribution < 1.29 is 9.18 Å². The molecule has 110 valence electrons. The first-order valence-electron chi connectivity index (χ1n) is 6.42. The molecule has 0 radical (unpaired) electrons. The van der Waals surface area contributed by atoms with Gasteiger partial charge < -0.3 is 5.32 Å². The minimum absolute atomic E-state index is 0.194. The van der Waals surface area contributed by atoms with Crippen molar-refractivity contribution in [3.05, 3.63) is 63.9 Å². The number of hydrogen-bond acceptors (Lipinski definition) is 1. The van der Waals surface area contributed by atoms with Gasteiger partial charge in [-0.2, -0.15) is 0 Å². The van der Waals surface area contributed by atoms with E-state index in [4.69, 9.17) is 0 Å². The van der Waals surface area contributed by atoms with E-state index in [1.165, 1.54) is 6.07 Å². The second-order valence-electron chi connectivity index (χ2n) is 4.72. The molecule has 0 saturated carbocycles. The smallest absolute Gasteiger partial charge is 0.238 e. The van der Waals surface area contributed by atoms with Crippen LogP contribution in [0.3, 0.4) is 0 Å². The summed E-state index contributed by atoms with van der Waals surface area (Å²) in [4.78, 5) is 11.6. The Morgan fingerprint density at radius 1 is 1.29 bits per heavy atom. The van der Waals surface area contributed by atoms with Crippen molar-refractivity contribution in [1.82, 2.24) is 0 Å². The molecule has 0 heterocycles. The summed E-state index contributed by atoms with van der Waals surface area (Å²) in [5, 5.41) is 2.82. The van der Waals surface area contributed by atoms with Crippen LogP contribution in [0.1, 0.15) is 11.1 Å². The molecule has 2 nitrogen and oxygen atoms in total. The van der Waals surface area contributed by atoms with Gasteiger partial charge in [-0.1, -0.05) is 50.1 Å². The summed E-state index contributed by atoms with van der Waals surface area (Å²) >= 11 is 6.73. The van der Waals surface area contributed by atoms with Gasteiger partial charge in [-0.25, -0.2) is 4.39 Å². The first kappa shape index (κ1) is 16.2. The predicted octanol–water partition coefficient (Wildman–Crippen LogP) is 4.84. The maximum atomic E-state index is 13.6. The Morgan fingerprint density at radius 2 is 2.00 bits per heavy atom. The zero-order valence-corrected chi connectivity index (χ0v) is 14.5. The number of alkyl halides is 1. The number of hydrogen-bond donors (Lipinski definition) is 1. The van der Waals surface area contributed by atoms with Gasteiger partial charge in [0.05, 0.1) is 4.83 Å². The molecule has 0 spiro atoms. The van der Waals surface area contributed by atoms with Crippen molar-refractivity contribution in [3.8, 4) is 0 Å². The number of rotatable bonds is 4. The van der Waals surface area contributed by atoms with Crippen LogP contribution in [0.2, 0.25) is 0 Å². The van der Waals surface area contributed by atoms with Crippen LogP contribution in [0.5, 0.6) is 0 Å². The van der Waals surface area contributed by atoms with Crippen molar-refractivity contribution in [3.63, 3.8) is 0 Å². The van der Waals surface area contributed by atoms with E-state index in [1.807, 2.05) is 25.1 Å². The molecule has 0 bridgehead atoms. The molecule has 0 aliphatic heterocycles. The second-order valence-corrected chi connectivity index (χ2v) is 6.68. The Hall–Kier alpha value is -1.20. The number of halogens is 3. The molecule has 21 heavy (non-hydrogen) atoms. The quantitative estimate of drug-likeness (QED) is 0.712. The van der Waals surface area contributed by atoms with Crippen LogP contribution in [0.15, 0.2) is 46.9 Å². The highest BCUT2D eigenvalue weighted by molar-refractivity contribution is 9.10. The summed E-state index contributed by atoms with van der Waals surface area (Å²) in [5.74, 6) is -0.491. The Kier molecular flexibility index (Phi) is 5.53. The summed E-state index contributed by atoms with van der Waals surface area (Å²) in [6.07, 6.45) is 0.300. The van der Waals surface area contributed by atoms with Crippen LogP contribution in [0, 0.1) is 12.7 Å². The molecule has 1 N–H and O–H groups in total. The maximum Gasteiger partial charge on any atom is 0.238 e. The molecule has 0 aliphatic rings. The van der Waals surface area contributed by atoms with E-state index in [9.17, 15) is 9.18 Å². The van der Waals surface area contributed by atoms with E-state index in [2.05, 4.69) is 37.2 Å². The molecular formula is C16H14Br2FNO. The number of carbonyl (C=O) groups excluding carboxylic acids is 1. The van der Waals surface area contributed by atoms with Crippen molar-refractivity contribution in [2.75, 3.05) is 5.32 Å². The van der Waals surface area contributed by atoms with Gasteiger partial charge in [0.1, 0.15) is 5.82 Å². The number of anilines is 1. The third kappa shape index (κ3) is 4.38. The normalized spacial score (nSPS) is 12.0. The molecule has 0 saturated heterocycles. The Labute approximate surface area is 140 Å². The minimum Gasteiger partial charge on any atom is -0.325 e. The van der Waals surface area contributed by atoms with E-state index < -0.39 is 4.83 Å². The first-order chi connectivity index (χ1) is 9.97. The summed E-state index contributed by atoms with van der Waals surface area (Å²) in [5.41, 5.74) is 2.27. The lowest BCUT2D eigenvalue weighted by atomic mass is 10.1. The molecule has 0 fully saturated rings. The lowest BCUT2D eigenvalue weighted by molar-refractivity contribution is -0.115. The Morgan fingerprint density at radius 3 is 2.67 bits per heavy atom. The monoisotopic (exact) mass is 413 g/mol. The van der Waals surface area contributed by atoms with Gasteiger partial charge in [-0.15, -0.1) is 0 Å². The van der Waals surface area contributed by atoms with Crippen molar-refractivity contribution in [2.24, 2.45) is 0 Å². The predicted molar refractivity (Wildman–Crippen MR) is 90.3 cm³/mol. The highest BCUT2D eigenvalue weighted by Crippen LogP contribution is 2.21.